The molecule has 8 fully saturated rings. The zero-order chi connectivity index (χ0) is 75.1. The molecule has 0 saturated heterocycles. The van der Waals surface area contributed by atoms with E-state index in [4.69, 9.17) is 40.9 Å². The summed E-state index contributed by atoms with van der Waals surface area (Å²) in [7, 11) is 0. The van der Waals surface area contributed by atoms with Gasteiger partial charge in [0.05, 0.1) is 31.8 Å². The van der Waals surface area contributed by atoms with Gasteiger partial charge < -0.3 is 61.3 Å². The Kier molecular flexibility index (Phi) is 35.6. The fourth-order valence-corrected chi connectivity index (χ4v) is 18.7. The van der Waals surface area contributed by atoms with Crippen molar-refractivity contribution < 1.29 is 80.5 Å². The zero-order valence-corrected chi connectivity index (χ0v) is 63.5. The minimum Gasteiger partial charge on any atom is -0.507 e. The van der Waals surface area contributed by atoms with Gasteiger partial charge in [0.25, 0.3) is 0 Å². The molecule has 0 aliphatic heterocycles. The highest BCUT2D eigenvalue weighted by molar-refractivity contribution is 5.69. The lowest BCUT2D eigenvalue weighted by Gasteiger charge is -2.28. The topological polar surface area (TPSA) is 311 Å². The molecular weight excluding hydrogens is 1320 g/mol. The number of carboxylic acids is 4. The van der Waals surface area contributed by atoms with Crippen LogP contribution in [0.15, 0.2) is 48.5 Å². The van der Waals surface area contributed by atoms with Crippen LogP contribution in [0.4, 0.5) is 0 Å². The second-order valence-electron chi connectivity index (χ2n) is 32.9. The number of benzene rings is 4. The number of aliphatic carboxylic acids is 4. The minimum atomic E-state index is -1.11. The van der Waals surface area contributed by atoms with Gasteiger partial charge in [-0.2, -0.15) is 0 Å². The molecule has 12 rings (SSSR count). The predicted molar refractivity (Wildman–Crippen MR) is 414 cm³/mol. The number of phenolic OH excluding ortho intramolecular Hbond substituents is 4. The maximum atomic E-state index is 11.0. The number of carboxylic acid groups (broad SMARTS) is 4. The lowest BCUT2D eigenvalue weighted by molar-refractivity contribution is -0.138. The molecule has 584 valence electrons. The van der Waals surface area contributed by atoms with E-state index in [9.17, 15) is 39.6 Å². The van der Waals surface area contributed by atoms with Gasteiger partial charge >= 0.3 is 23.9 Å². The lowest BCUT2D eigenvalue weighted by atomic mass is 9.78. The number of carbonyl (C=O) groups is 4. The molecule has 8 aliphatic rings. The summed E-state index contributed by atoms with van der Waals surface area (Å²) in [5.41, 5.74) is 12.0. The number of hydrogen-bond donors (Lipinski definition) is 12. The van der Waals surface area contributed by atoms with E-state index in [0.29, 0.717) is 96.0 Å². The summed E-state index contributed by atoms with van der Waals surface area (Å²) in [6, 6.07) is 16.8. The van der Waals surface area contributed by atoms with E-state index in [2.05, 4.69) is 48.5 Å². The maximum Gasteiger partial charge on any atom is 0.303 e. The van der Waals surface area contributed by atoms with Crippen molar-refractivity contribution in [2.24, 2.45) is 5.41 Å². The lowest BCUT2D eigenvalue weighted by Crippen LogP contribution is -2.37. The van der Waals surface area contributed by atoms with E-state index in [1.807, 2.05) is 0 Å². The second-order valence-corrected chi connectivity index (χ2v) is 32.9. The smallest absolute Gasteiger partial charge is 0.303 e. The van der Waals surface area contributed by atoms with Crippen LogP contribution in [0.5, 0.6) is 23.0 Å². The number of aryl methyl sites for hydroxylation is 4. The molecule has 0 amide bonds. The van der Waals surface area contributed by atoms with E-state index < -0.39 is 55.7 Å². The normalized spacial score (nSPS) is 19.5. The molecule has 105 heavy (non-hydrogen) atoms. The van der Waals surface area contributed by atoms with E-state index in [0.717, 1.165) is 169 Å². The Morgan fingerprint density at radius 1 is 0.238 bits per heavy atom. The average Bonchev–Trinajstić information content (AvgIpc) is 0.816. The quantitative estimate of drug-likeness (QED) is 0.0310. The number of aliphatic hydroxyl groups excluding tert-OH is 4. The maximum absolute atomic E-state index is 11.0. The molecule has 8 saturated carbocycles. The van der Waals surface area contributed by atoms with Crippen LogP contribution in [-0.4, -0.2) is 112 Å². The van der Waals surface area contributed by atoms with Crippen molar-refractivity contribution in [3.63, 3.8) is 0 Å². The van der Waals surface area contributed by atoms with Crippen LogP contribution in [0.25, 0.3) is 0 Å². The highest BCUT2D eigenvalue weighted by Gasteiger charge is 2.32. The Bertz CT molecular complexity index is 2700. The van der Waals surface area contributed by atoms with Gasteiger partial charge in [0.15, 0.2) is 0 Å². The van der Waals surface area contributed by atoms with Crippen molar-refractivity contribution in [1.82, 2.24) is 0 Å². The van der Waals surface area contributed by atoms with Crippen LogP contribution in [0.3, 0.4) is 0 Å². The van der Waals surface area contributed by atoms with Gasteiger partial charge in [-0.1, -0.05) is 203 Å². The molecule has 0 heterocycles. The largest absolute Gasteiger partial charge is 0.507 e. The van der Waals surface area contributed by atoms with Gasteiger partial charge in [-0.05, 0) is 243 Å². The summed E-state index contributed by atoms with van der Waals surface area (Å²) in [6.45, 7) is -1.62. The first-order chi connectivity index (χ1) is 50.8. The van der Waals surface area contributed by atoms with E-state index >= 15 is 0 Å². The van der Waals surface area contributed by atoms with Crippen molar-refractivity contribution in [2.45, 2.75) is 356 Å². The Hall–Kier alpha value is -6.20. The minimum absolute atomic E-state index is 0.166. The number of phenols is 4. The first-order valence-corrected chi connectivity index (χ1v) is 41.6. The molecular formula is C89H132O16. The molecule has 0 bridgehead atoms. The molecule has 0 unspecified atom stereocenters. The number of aliphatic hydroxyl groups is 4. The number of rotatable bonds is 24. The van der Waals surface area contributed by atoms with Gasteiger partial charge in [-0.25, -0.2) is 0 Å². The van der Waals surface area contributed by atoms with Crippen LogP contribution in [-0.2, 0) is 44.9 Å². The summed E-state index contributed by atoms with van der Waals surface area (Å²) < 4.78 is 0. The van der Waals surface area contributed by atoms with Gasteiger partial charge in [0, 0.05) is 25.7 Å². The molecule has 0 radical (unpaired) electrons. The number of hydrogen-bond acceptors (Lipinski definition) is 12. The van der Waals surface area contributed by atoms with E-state index in [1.165, 1.54) is 154 Å². The Morgan fingerprint density at radius 2 is 0.362 bits per heavy atom. The summed E-state index contributed by atoms with van der Waals surface area (Å²) in [5.74, 6) is 2.69. The Morgan fingerprint density at radius 3 is 0.457 bits per heavy atom. The fourth-order valence-electron chi connectivity index (χ4n) is 18.7. The fraction of sp³-hybridized carbons (Fsp3) is 0.685. The molecule has 4 aromatic rings. The molecule has 0 aromatic heterocycles. The van der Waals surface area contributed by atoms with E-state index in [1.54, 1.807) is 0 Å². The molecule has 0 spiro atoms. The van der Waals surface area contributed by atoms with Crippen molar-refractivity contribution in [1.29, 1.82) is 0 Å². The predicted octanol–water partition coefficient (Wildman–Crippen LogP) is 20.0. The first-order valence-electron chi connectivity index (χ1n) is 41.6. The second kappa shape index (κ2) is 44.3. The van der Waals surface area contributed by atoms with Crippen LogP contribution in [0.2, 0.25) is 0 Å². The van der Waals surface area contributed by atoms with Crippen LogP contribution < -0.4 is 0 Å². The monoisotopic (exact) mass is 1460 g/mol. The van der Waals surface area contributed by atoms with E-state index in [-0.39, 0.29) is 25.7 Å². The van der Waals surface area contributed by atoms with Crippen LogP contribution in [0.1, 0.15) is 397 Å². The summed E-state index contributed by atoms with van der Waals surface area (Å²) in [5, 5.41) is 114. The molecule has 16 heteroatoms. The van der Waals surface area contributed by atoms with Crippen molar-refractivity contribution in [2.75, 3.05) is 26.4 Å². The van der Waals surface area contributed by atoms with Gasteiger partial charge in [0.2, 0.25) is 0 Å². The number of aromatic hydroxyl groups is 4. The van der Waals surface area contributed by atoms with Crippen LogP contribution in [0, 0.1) is 5.41 Å². The first kappa shape index (κ1) is 84.4. The SMILES string of the molecule is O=C(O)CCc1cc(C2CCCCC2)c(O)c(C2CCCCC2)c1.O=C(O)CCc1cc(C2CCCCC2)c(O)c(C2CCCCC2)c1.O=C(O)CCc1cc(C2CCCCC2)c(O)c(C2CCCCC2)c1.O=C(O)CCc1cc(C2CCCCC2)c(O)c(C2CCCCC2)c1.OCC(CO)(CO)CO. The third-order valence-corrected chi connectivity index (χ3v) is 25.1. The average molecular weight is 1460 g/mol. The zero-order valence-electron chi connectivity index (χ0n) is 63.5. The molecule has 8 aliphatic carbocycles. The molecule has 4 aromatic carbocycles. The molecule has 12 N–H and O–H groups in total. The molecule has 0 atom stereocenters. The van der Waals surface area contributed by atoms with Gasteiger partial charge in [0.1, 0.15) is 23.0 Å². The van der Waals surface area contributed by atoms with Gasteiger partial charge in [-0.3, -0.25) is 19.2 Å². The third-order valence-electron chi connectivity index (χ3n) is 25.1. The standard InChI is InChI=1S/4C21H30O3.C5H12O4/c4*22-20(23)12-11-15-13-18(16-7-3-1-4-8-16)21(24)19(14-15)17-9-5-2-6-10-17;6-1-5(2-7,3-8)4-9/h4*13-14,16-17,24H,1-12H2,(H,22,23);6-9H,1-4H2. The summed E-state index contributed by atoms with van der Waals surface area (Å²) in [4.78, 5) is 43.9. The summed E-state index contributed by atoms with van der Waals surface area (Å²) >= 11 is 0. The third kappa shape index (κ3) is 26.0. The molecule has 16 nitrogen and oxygen atoms in total. The van der Waals surface area contributed by atoms with Gasteiger partial charge in [-0.15, -0.1) is 0 Å². The van der Waals surface area contributed by atoms with Crippen molar-refractivity contribution in [3.05, 3.63) is 115 Å². The Labute approximate surface area is 626 Å². The van der Waals surface area contributed by atoms with Crippen molar-refractivity contribution >= 4 is 23.9 Å². The highest BCUT2D eigenvalue weighted by atomic mass is 16.4. The Balaban J connectivity index is 0.000000170. The van der Waals surface area contributed by atoms with Crippen molar-refractivity contribution in [3.8, 4) is 23.0 Å². The highest BCUT2D eigenvalue weighted by Crippen LogP contribution is 2.50. The van der Waals surface area contributed by atoms with Crippen LogP contribution >= 0.6 is 0 Å². The summed E-state index contributed by atoms with van der Waals surface area (Å²) in [6.07, 6.45) is 51.6.